The molecule has 1 saturated carbocycles. The zero-order valence-electron chi connectivity index (χ0n) is 25.4. The molecule has 1 atom stereocenters. The summed E-state index contributed by atoms with van der Waals surface area (Å²) in [4.78, 5) is 28.9. The SMILES string of the molecule is COc1ncnc(C2CC2)c1-c1ncnc(N(Cc2ccc(-c3nc(C(F)(F)F)cn3C(C)C)cc2)[C@H](C)c2ccccc2)n1. The van der Waals surface area contributed by atoms with Crippen LogP contribution in [-0.2, 0) is 12.7 Å². The van der Waals surface area contributed by atoms with E-state index in [1.807, 2.05) is 56.3 Å². The molecule has 1 aliphatic rings. The van der Waals surface area contributed by atoms with Gasteiger partial charge in [-0.3, -0.25) is 0 Å². The van der Waals surface area contributed by atoms with Crippen LogP contribution in [0.15, 0.2) is 73.4 Å². The third-order valence-corrected chi connectivity index (χ3v) is 7.93. The Morgan fingerprint density at radius 1 is 0.911 bits per heavy atom. The topological polar surface area (TPSA) is 94.7 Å². The van der Waals surface area contributed by atoms with Gasteiger partial charge < -0.3 is 14.2 Å². The highest BCUT2D eigenvalue weighted by molar-refractivity contribution is 5.66. The molecule has 0 unspecified atom stereocenters. The van der Waals surface area contributed by atoms with E-state index in [1.54, 1.807) is 23.8 Å². The predicted octanol–water partition coefficient (Wildman–Crippen LogP) is 7.45. The molecule has 0 saturated heterocycles. The second-order valence-corrected chi connectivity index (χ2v) is 11.4. The molecule has 2 aromatic carbocycles. The summed E-state index contributed by atoms with van der Waals surface area (Å²) < 4.78 is 47.6. The van der Waals surface area contributed by atoms with Crippen LogP contribution in [0.25, 0.3) is 22.8 Å². The zero-order valence-corrected chi connectivity index (χ0v) is 25.4. The molecule has 5 aromatic rings. The van der Waals surface area contributed by atoms with E-state index in [-0.39, 0.29) is 17.9 Å². The Hall–Kier alpha value is -4.87. The molecule has 12 heteroatoms. The molecule has 0 radical (unpaired) electrons. The molecule has 0 spiro atoms. The Balaban J connectivity index is 1.36. The molecule has 1 fully saturated rings. The fourth-order valence-corrected chi connectivity index (χ4v) is 5.35. The molecule has 3 aromatic heterocycles. The van der Waals surface area contributed by atoms with Gasteiger partial charge in [-0.1, -0.05) is 54.6 Å². The molecule has 0 aliphatic heterocycles. The zero-order chi connectivity index (χ0) is 31.7. The van der Waals surface area contributed by atoms with Gasteiger partial charge in [0.25, 0.3) is 0 Å². The van der Waals surface area contributed by atoms with Crippen LogP contribution in [-0.4, -0.2) is 41.6 Å². The van der Waals surface area contributed by atoms with E-state index in [1.165, 1.54) is 12.7 Å². The second-order valence-electron chi connectivity index (χ2n) is 11.4. The van der Waals surface area contributed by atoms with Crippen LogP contribution in [0.5, 0.6) is 5.88 Å². The summed E-state index contributed by atoms with van der Waals surface area (Å²) in [7, 11) is 1.57. The highest BCUT2D eigenvalue weighted by Crippen LogP contribution is 2.45. The van der Waals surface area contributed by atoms with Crippen LogP contribution >= 0.6 is 0 Å². The summed E-state index contributed by atoms with van der Waals surface area (Å²) in [5.74, 6) is 1.88. The number of ether oxygens (including phenoxy) is 1. The number of nitrogens with zero attached hydrogens (tertiary/aromatic N) is 8. The molecular formula is C33H33F3N8O. The van der Waals surface area contributed by atoms with Crippen molar-refractivity contribution >= 4 is 5.95 Å². The molecule has 9 nitrogen and oxygen atoms in total. The van der Waals surface area contributed by atoms with E-state index >= 15 is 0 Å². The number of halogens is 3. The predicted molar refractivity (Wildman–Crippen MR) is 163 cm³/mol. The molecule has 3 heterocycles. The largest absolute Gasteiger partial charge is 0.480 e. The van der Waals surface area contributed by atoms with Gasteiger partial charge in [0.05, 0.1) is 18.8 Å². The van der Waals surface area contributed by atoms with Crippen molar-refractivity contribution in [2.75, 3.05) is 12.0 Å². The lowest BCUT2D eigenvalue weighted by Crippen LogP contribution is -2.28. The number of methoxy groups -OCH3 is 1. The third kappa shape index (κ3) is 6.36. The van der Waals surface area contributed by atoms with E-state index in [0.29, 0.717) is 41.2 Å². The minimum Gasteiger partial charge on any atom is -0.480 e. The summed E-state index contributed by atoms with van der Waals surface area (Å²) >= 11 is 0. The number of hydrogen-bond donors (Lipinski definition) is 0. The van der Waals surface area contributed by atoms with E-state index in [2.05, 4.69) is 36.7 Å². The van der Waals surface area contributed by atoms with Crippen LogP contribution in [0.1, 0.15) is 74.1 Å². The van der Waals surface area contributed by atoms with Crippen molar-refractivity contribution in [3.05, 3.63) is 96.0 Å². The Morgan fingerprint density at radius 3 is 2.27 bits per heavy atom. The van der Waals surface area contributed by atoms with Crippen LogP contribution < -0.4 is 9.64 Å². The molecule has 6 rings (SSSR count). The van der Waals surface area contributed by atoms with Crippen LogP contribution in [0.2, 0.25) is 0 Å². The molecule has 45 heavy (non-hydrogen) atoms. The average Bonchev–Trinajstić information content (AvgIpc) is 3.79. The van der Waals surface area contributed by atoms with E-state index in [0.717, 1.165) is 35.9 Å². The molecule has 0 N–H and O–H groups in total. The Kier molecular flexibility index (Phi) is 8.22. The van der Waals surface area contributed by atoms with Crippen molar-refractivity contribution in [2.24, 2.45) is 0 Å². The molecule has 232 valence electrons. The van der Waals surface area contributed by atoms with E-state index in [4.69, 9.17) is 9.72 Å². The maximum atomic E-state index is 13.5. The molecule has 1 aliphatic carbocycles. The first-order valence-corrected chi connectivity index (χ1v) is 14.8. The first-order chi connectivity index (χ1) is 21.6. The van der Waals surface area contributed by atoms with Crippen molar-refractivity contribution in [3.8, 4) is 28.7 Å². The van der Waals surface area contributed by atoms with Gasteiger partial charge in [-0.05, 0) is 44.7 Å². The van der Waals surface area contributed by atoms with Crippen LogP contribution in [0.4, 0.5) is 19.1 Å². The number of aromatic nitrogens is 7. The fourth-order valence-electron chi connectivity index (χ4n) is 5.35. The summed E-state index contributed by atoms with van der Waals surface area (Å²) in [6.45, 7) is 6.16. The lowest BCUT2D eigenvalue weighted by atomic mass is 10.1. The summed E-state index contributed by atoms with van der Waals surface area (Å²) in [5.41, 5.74) is 3.20. The highest BCUT2D eigenvalue weighted by Gasteiger charge is 2.35. The Labute approximate surface area is 259 Å². The van der Waals surface area contributed by atoms with Gasteiger partial charge in [0.1, 0.15) is 24.0 Å². The normalized spacial score (nSPS) is 14.0. The van der Waals surface area contributed by atoms with Gasteiger partial charge in [-0.2, -0.15) is 18.2 Å². The molecular weight excluding hydrogens is 581 g/mol. The Bertz CT molecular complexity index is 1770. The number of imidazole rings is 1. The van der Waals surface area contributed by atoms with Gasteiger partial charge >= 0.3 is 6.18 Å². The summed E-state index contributed by atoms with van der Waals surface area (Å²) in [6, 6.07) is 17.1. The van der Waals surface area contributed by atoms with E-state index in [9.17, 15) is 13.2 Å². The van der Waals surface area contributed by atoms with Gasteiger partial charge in [-0.15, -0.1) is 0 Å². The lowest BCUT2D eigenvalue weighted by Gasteiger charge is -2.30. The lowest BCUT2D eigenvalue weighted by molar-refractivity contribution is -0.140. The smallest absolute Gasteiger partial charge is 0.434 e. The van der Waals surface area contributed by atoms with Crippen molar-refractivity contribution < 1.29 is 17.9 Å². The summed E-state index contributed by atoms with van der Waals surface area (Å²) in [5, 5.41) is 0. The number of benzene rings is 2. The van der Waals surface area contributed by atoms with E-state index < -0.39 is 11.9 Å². The number of rotatable bonds is 10. The van der Waals surface area contributed by atoms with Gasteiger partial charge in [-0.25, -0.2) is 24.9 Å². The molecule has 0 bridgehead atoms. The quantitative estimate of drug-likeness (QED) is 0.160. The average molecular weight is 615 g/mol. The number of alkyl halides is 3. The maximum absolute atomic E-state index is 13.5. The summed E-state index contributed by atoms with van der Waals surface area (Å²) in [6.07, 6.45) is 1.60. The first kappa shape index (κ1) is 30.2. The fraction of sp³-hybridized carbons (Fsp3) is 0.333. The van der Waals surface area contributed by atoms with Crippen molar-refractivity contribution in [1.29, 1.82) is 0 Å². The maximum Gasteiger partial charge on any atom is 0.434 e. The van der Waals surface area contributed by atoms with Gasteiger partial charge in [0.2, 0.25) is 11.8 Å². The first-order valence-electron chi connectivity index (χ1n) is 14.8. The molecule has 0 amide bonds. The monoisotopic (exact) mass is 614 g/mol. The van der Waals surface area contributed by atoms with Crippen LogP contribution in [0, 0.1) is 0 Å². The highest BCUT2D eigenvalue weighted by atomic mass is 19.4. The van der Waals surface area contributed by atoms with Crippen LogP contribution in [0.3, 0.4) is 0 Å². The van der Waals surface area contributed by atoms with Crippen molar-refractivity contribution in [2.45, 2.75) is 64.3 Å². The third-order valence-electron chi connectivity index (χ3n) is 7.93. The standard InChI is InChI=1S/C33H33F3N8O/c1-20(2)43-17-26(33(34,35)36)41-30(43)25-12-10-22(11-13-25)16-44(21(3)23-8-6-5-7-9-23)32-40-19-38-29(42-32)27-28(24-14-15-24)37-18-39-31(27)45-4/h5-13,17-21,24H,14-16H2,1-4H3/t21-/m1/s1. The Morgan fingerprint density at radius 2 is 1.62 bits per heavy atom. The van der Waals surface area contributed by atoms with Crippen molar-refractivity contribution in [3.63, 3.8) is 0 Å². The minimum absolute atomic E-state index is 0.132. The van der Waals surface area contributed by atoms with Gasteiger partial charge in [0, 0.05) is 30.3 Å². The minimum atomic E-state index is -4.53. The number of hydrogen-bond acceptors (Lipinski definition) is 8. The van der Waals surface area contributed by atoms with Crippen molar-refractivity contribution in [1.82, 2.24) is 34.5 Å². The number of anilines is 1. The second kappa shape index (κ2) is 12.3. The van der Waals surface area contributed by atoms with Gasteiger partial charge in [0.15, 0.2) is 11.5 Å².